The molecule has 0 unspecified atom stereocenters. The van der Waals surface area contributed by atoms with E-state index in [1.165, 1.54) is 29.5 Å². The number of halogens is 1. The normalized spacial score (nSPS) is 11.1. The Morgan fingerprint density at radius 3 is 2.56 bits per heavy atom. The topological polar surface area (TPSA) is 98.5 Å². The molecule has 0 radical (unpaired) electrons. The van der Waals surface area contributed by atoms with Crippen molar-refractivity contribution >= 4 is 40.3 Å². The third kappa shape index (κ3) is 5.77. The molecule has 1 N–H and O–H groups in total. The number of rotatable bonds is 7. The van der Waals surface area contributed by atoms with Crippen LogP contribution in [0.2, 0.25) is 5.02 Å². The lowest BCUT2D eigenvalue weighted by molar-refractivity contribution is -0.384. The molecule has 0 atom stereocenters. The molecule has 2 rings (SSSR count). The third-order valence-electron chi connectivity index (χ3n) is 3.53. The smallest absolute Gasteiger partial charge is 0.271 e. The molecule has 1 aromatic carbocycles. The monoisotopic (exact) mass is 410 g/mol. The van der Waals surface area contributed by atoms with E-state index in [-0.39, 0.29) is 34.8 Å². The molecule has 0 saturated heterocycles. The number of carbonyl (C=O) groups is 2. The van der Waals surface area contributed by atoms with E-state index in [9.17, 15) is 19.7 Å². The zero-order chi connectivity index (χ0) is 20.2. The van der Waals surface area contributed by atoms with Crippen molar-refractivity contribution in [3.05, 3.63) is 55.2 Å². The van der Waals surface area contributed by atoms with E-state index in [4.69, 9.17) is 16.3 Å². The highest BCUT2D eigenvalue weighted by Gasteiger charge is 2.21. The Bertz CT molecular complexity index is 873. The minimum atomic E-state index is -0.563. The zero-order valence-corrected chi connectivity index (χ0v) is 16.6. The number of non-ortho nitro benzene ring substituents is 1. The first-order valence-electron chi connectivity index (χ1n) is 8.05. The number of thiophene rings is 1. The van der Waals surface area contributed by atoms with Crippen molar-refractivity contribution in [1.29, 1.82) is 0 Å². The lowest BCUT2D eigenvalue weighted by atomic mass is 9.96. The van der Waals surface area contributed by atoms with Crippen LogP contribution < -0.4 is 10.1 Å². The lowest BCUT2D eigenvalue weighted by Gasteiger charge is -2.17. The molecule has 0 aliphatic rings. The van der Waals surface area contributed by atoms with Crippen molar-refractivity contribution in [2.24, 2.45) is 5.41 Å². The number of hydrogen-bond donors (Lipinski definition) is 1. The Balaban J connectivity index is 1.93. The van der Waals surface area contributed by atoms with Crippen LogP contribution in [0.3, 0.4) is 0 Å². The minimum Gasteiger partial charge on any atom is -0.484 e. The van der Waals surface area contributed by atoms with Gasteiger partial charge in [0.2, 0.25) is 11.7 Å². The summed E-state index contributed by atoms with van der Waals surface area (Å²) in [6.07, 6.45) is 0. The number of nitro benzene ring substituents is 1. The fourth-order valence-corrected chi connectivity index (χ4v) is 3.09. The molecule has 0 fully saturated rings. The fourth-order valence-electron chi connectivity index (χ4n) is 1.99. The molecule has 27 heavy (non-hydrogen) atoms. The second-order valence-electron chi connectivity index (χ2n) is 6.78. The summed E-state index contributed by atoms with van der Waals surface area (Å²) in [7, 11) is 0. The van der Waals surface area contributed by atoms with Crippen LogP contribution in [-0.4, -0.2) is 23.2 Å². The maximum absolute atomic E-state index is 12.3. The highest BCUT2D eigenvalue weighted by Crippen LogP contribution is 2.29. The summed E-state index contributed by atoms with van der Waals surface area (Å²) in [5, 5.41) is 13.6. The predicted octanol–water partition coefficient (Wildman–Crippen LogP) is 4.23. The van der Waals surface area contributed by atoms with E-state index in [1.54, 1.807) is 12.1 Å². The highest BCUT2D eigenvalue weighted by molar-refractivity contribution is 7.14. The molecule has 0 aliphatic heterocycles. The fraction of sp³-hybridized carbons (Fsp3) is 0.333. The van der Waals surface area contributed by atoms with Crippen molar-refractivity contribution < 1.29 is 19.2 Å². The Labute approximate surface area is 165 Å². The van der Waals surface area contributed by atoms with E-state index < -0.39 is 10.3 Å². The van der Waals surface area contributed by atoms with Crippen LogP contribution in [0.25, 0.3) is 0 Å². The van der Waals surface area contributed by atoms with E-state index in [2.05, 4.69) is 5.32 Å². The van der Waals surface area contributed by atoms with Gasteiger partial charge in [-0.2, -0.15) is 0 Å². The number of carbonyl (C=O) groups excluding carboxylic acids is 2. The molecule has 1 amide bonds. The van der Waals surface area contributed by atoms with Gasteiger partial charge in [0.25, 0.3) is 5.69 Å². The molecule has 0 bridgehead atoms. The molecular formula is C18H19ClN2O5S. The van der Waals surface area contributed by atoms with Gasteiger partial charge in [-0.3, -0.25) is 19.7 Å². The lowest BCUT2D eigenvalue weighted by Crippen LogP contribution is -2.34. The first-order chi connectivity index (χ1) is 12.6. The maximum Gasteiger partial charge on any atom is 0.271 e. The SMILES string of the molecule is CC(C)(C)C(=O)NCc1ccc(C(=O)COc2ccc([N+](=O)[O-])cc2Cl)s1. The largest absolute Gasteiger partial charge is 0.484 e. The van der Waals surface area contributed by atoms with Gasteiger partial charge in [-0.15, -0.1) is 11.3 Å². The summed E-state index contributed by atoms with van der Waals surface area (Å²) >= 11 is 7.21. The van der Waals surface area contributed by atoms with Gasteiger partial charge in [-0.1, -0.05) is 32.4 Å². The molecule has 2 aromatic rings. The third-order valence-corrected chi connectivity index (χ3v) is 4.95. The molecule has 0 aliphatic carbocycles. The van der Waals surface area contributed by atoms with Crippen molar-refractivity contribution in [2.75, 3.05) is 6.61 Å². The van der Waals surface area contributed by atoms with Crippen molar-refractivity contribution in [3.8, 4) is 5.75 Å². The summed E-state index contributed by atoms with van der Waals surface area (Å²) in [6, 6.07) is 7.23. The van der Waals surface area contributed by atoms with Gasteiger partial charge in [-0.05, 0) is 18.2 Å². The van der Waals surface area contributed by atoms with Crippen molar-refractivity contribution in [3.63, 3.8) is 0 Å². The molecule has 144 valence electrons. The van der Waals surface area contributed by atoms with Crippen molar-refractivity contribution in [2.45, 2.75) is 27.3 Å². The average molecular weight is 411 g/mol. The van der Waals surface area contributed by atoms with Gasteiger partial charge >= 0.3 is 0 Å². The Hall–Kier alpha value is -2.45. The second kappa shape index (κ2) is 8.49. The van der Waals surface area contributed by atoms with E-state index in [0.29, 0.717) is 11.4 Å². The van der Waals surface area contributed by atoms with Crippen LogP contribution in [0.15, 0.2) is 30.3 Å². The zero-order valence-electron chi connectivity index (χ0n) is 15.1. The molecule has 9 heteroatoms. The van der Waals surface area contributed by atoms with Gasteiger partial charge < -0.3 is 10.1 Å². The van der Waals surface area contributed by atoms with Crippen LogP contribution in [0.4, 0.5) is 5.69 Å². The number of nitro groups is 1. The quantitative estimate of drug-likeness (QED) is 0.418. The van der Waals surface area contributed by atoms with E-state index in [0.717, 1.165) is 4.88 Å². The molecule has 7 nitrogen and oxygen atoms in total. The first-order valence-corrected chi connectivity index (χ1v) is 9.24. The minimum absolute atomic E-state index is 0.0637. The van der Waals surface area contributed by atoms with Gasteiger partial charge in [0.1, 0.15) is 5.75 Å². The molecule has 0 spiro atoms. The second-order valence-corrected chi connectivity index (χ2v) is 8.36. The van der Waals surface area contributed by atoms with Crippen LogP contribution in [-0.2, 0) is 11.3 Å². The number of nitrogens with zero attached hydrogens (tertiary/aromatic N) is 1. The molecule has 1 heterocycles. The van der Waals surface area contributed by atoms with Crippen molar-refractivity contribution in [1.82, 2.24) is 5.32 Å². The number of ketones is 1. The number of hydrogen-bond acceptors (Lipinski definition) is 6. The highest BCUT2D eigenvalue weighted by atomic mass is 35.5. The van der Waals surface area contributed by atoms with Gasteiger partial charge in [0.15, 0.2) is 6.61 Å². The Kier molecular flexibility index (Phi) is 6.56. The van der Waals surface area contributed by atoms with Crippen LogP contribution in [0, 0.1) is 15.5 Å². The Morgan fingerprint density at radius 1 is 1.26 bits per heavy atom. The summed E-state index contributed by atoms with van der Waals surface area (Å²) < 4.78 is 5.37. The summed E-state index contributed by atoms with van der Waals surface area (Å²) in [6.45, 7) is 5.58. The number of ether oxygens (including phenoxy) is 1. The van der Waals surface area contributed by atoms with Gasteiger partial charge in [-0.25, -0.2) is 0 Å². The maximum atomic E-state index is 12.3. The summed E-state index contributed by atoms with van der Waals surface area (Å²) in [5.74, 6) is -0.118. The average Bonchev–Trinajstić information content (AvgIpc) is 3.06. The predicted molar refractivity (Wildman–Crippen MR) is 104 cm³/mol. The molecule has 1 aromatic heterocycles. The van der Waals surface area contributed by atoms with Crippen LogP contribution >= 0.6 is 22.9 Å². The van der Waals surface area contributed by atoms with Gasteiger partial charge in [0, 0.05) is 22.4 Å². The standard InChI is InChI=1S/C18H19ClN2O5S/c1-18(2,3)17(23)20-9-12-5-7-16(27-12)14(22)10-26-15-6-4-11(21(24)25)8-13(15)19/h4-8H,9-10H2,1-3H3,(H,20,23). The number of nitrogens with one attached hydrogen (secondary N) is 1. The number of Topliss-reactive ketones (excluding diaryl/α,β-unsaturated/α-hetero) is 1. The Morgan fingerprint density at radius 2 is 1.96 bits per heavy atom. The number of benzene rings is 1. The summed E-state index contributed by atoms with van der Waals surface area (Å²) in [4.78, 5) is 35.6. The van der Waals surface area contributed by atoms with Crippen LogP contribution in [0.1, 0.15) is 35.3 Å². The van der Waals surface area contributed by atoms with E-state index >= 15 is 0 Å². The van der Waals surface area contributed by atoms with Crippen LogP contribution in [0.5, 0.6) is 5.75 Å². The molecular weight excluding hydrogens is 392 g/mol. The molecule has 0 saturated carbocycles. The summed E-state index contributed by atoms with van der Waals surface area (Å²) in [5.41, 5.74) is -0.632. The van der Waals surface area contributed by atoms with E-state index in [1.807, 2.05) is 20.8 Å². The first kappa shape index (κ1) is 20.9. The van der Waals surface area contributed by atoms with Gasteiger partial charge in [0.05, 0.1) is 21.4 Å². The number of amides is 1.